The first-order chi connectivity index (χ1) is 9.88. The molecular weight excluding hydrogens is 272 g/mol. The van der Waals surface area contributed by atoms with Crippen molar-refractivity contribution in [2.24, 2.45) is 7.05 Å². The summed E-state index contributed by atoms with van der Waals surface area (Å²) in [6.45, 7) is 2.09. The van der Waals surface area contributed by atoms with Crippen molar-refractivity contribution >= 4 is 28.6 Å². The number of fused-ring (bicyclic) bond motifs is 1. The molecule has 1 aromatic carbocycles. The van der Waals surface area contributed by atoms with Crippen LogP contribution in [-0.2, 0) is 11.8 Å². The number of nitrogens with zero attached hydrogens (tertiary/aromatic N) is 3. The van der Waals surface area contributed by atoms with Crippen molar-refractivity contribution in [3.63, 3.8) is 0 Å². The van der Waals surface area contributed by atoms with Crippen LogP contribution in [0.15, 0.2) is 18.2 Å². The van der Waals surface area contributed by atoms with Gasteiger partial charge in [-0.3, -0.25) is 9.48 Å². The molecule has 1 heterocycles. The number of urea groups is 1. The van der Waals surface area contributed by atoms with Crippen LogP contribution in [0.3, 0.4) is 0 Å². The Morgan fingerprint density at radius 1 is 1.43 bits per heavy atom. The third-order valence-electron chi connectivity index (χ3n) is 3.30. The van der Waals surface area contributed by atoms with E-state index < -0.39 is 5.97 Å². The number of carbonyl (C=O) groups excluding carboxylic acids is 1. The zero-order valence-corrected chi connectivity index (χ0v) is 12.3. The normalized spacial score (nSPS) is 10.6. The first kappa shape index (κ1) is 14.8. The van der Waals surface area contributed by atoms with Crippen molar-refractivity contribution in [2.45, 2.75) is 13.3 Å². The summed E-state index contributed by atoms with van der Waals surface area (Å²) in [5, 5.41) is 16.7. The Bertz CT molecular complexity index is 693. The molecular formula is C14H18N4O3. The smallest absolute Gasteiger partial charge is 0.321 e. The average molecular weight is 290 g/mol. The van der Waals surface area contributed by atoms with Gasteiger partial charge < -0.3 is 15.3 Å². The number of anilines is 1. The van der Waals surface area contributed by atoms with Gasteiger partial charge in [-0.05, 0) is 25.1 Å². The lowest BCUT2D eigenvalue weighted by molar-refractivity contribution is -0.137. The number of hydrogen-bond donors (Lipinski definition) is 2. The van der Waals surface area contributed by atoms with Crippen molar-refractivity contribution in [2.75, 3.05) is 18.9 Å². The van der Waals surface area contributed by atoms with Crippen molar-refractivity contribution < 1.29 is 14.7 Å². The van der Waals surface area contributed by atoms with Crippen LogP contribution in [0.1, 0.15) is 12.1 Å². The summed E-state index contributed by atoms with van der Waals surface area (Å²) in [5.74, 6) is -0.929. The molecule has 1 aromatic heterocycles. The number of benzene rings is 1. The maximum Gasteiger partial charge on any atom is 0.321 e. The number of aromatic nitrogens is 2. The molecule has 2 aromatic rings. The first-order valence-electron chi connectivity index (χ1n) is 6.55. The summed E-state index contributed by atoms with van der Waals surface area (Å²) in [7, 11) is 3.41. The molecule has 0 unspecified atom stereocenters. The fourth-order valence-corrected chi connectivity index (χ4v) is 2.10. The fraction of sp³-hybridized carbons (Fsp3) is 0.357. The van der Waals surface area contributed by atoms with E-state index in [1.165, 1.54) is 4.90 Å². The molecule has 0 aliphatic rings. The Balaban J connectivity index is 2.10. The minimum atomic E-state index is -0.929. The Kier molecular flexibility index (Phi) is 4.11. The van der Waals surface area contributed by atoms with E-state index in [1.807, 2.05) is 26.1 Å². The van der Waals surface area contributed by atoms with Gasteiger partial charge in [0.1, 0.15) is 0 Å². The van der Waals surface area contributed by atoms with Crippen LogP contribution in [0, 0.1) is 6.92 Å². The maximum absolute atomic E-state index is 12.0. The number of carboxylic acids is 1. The second-order valence-electron chi connectivity index (χ2n) is 4.94. The van der Waals surface area contributed by atoms with Crippen molar-refractivity contribution in [1.29, 1.82) is 0 Å². The summed E-state index contributed by atoms with van der Waals surface area (Å²) in [5.41, 5.74) is 2.51. The predicted octanol–water partition coefficient (Wildman–Crippen LogP) is 1.82. The molecule has 0 saturated carbocycles. The highest BCUT2D eigenvalue weighted by Crippen LogP contribution is 2.21. The van der Waals surface area contributed by atoms with Crippen LogP contribution in [0.4, 0.5) is 10.5 Å². The highest BCUT2D eigenvalue weighted by molar-refractivity contribution is 5.93. The number of hydrogen-bond acceptors (Lipinski definition) is 3. The second kappa shape index (κ2) is 5.82. The zero-order valence-electron chi connectivity index (χ0n) is 12.3. The summed E-state index contributed by atoms with van der Waals surface area (Å²) in [6.07, 6.45) is -0.0795. The summed E-state index contributed by atoms with van der Waals surface area (Å²) < 4.78 is 1.76. The summed E-state index contributed by atoms with van der Waals surface area (Å²) in [6, 6.07) is 5.22. The van der Waals surface area contributed by atoms with E-state index in [-0.39, 0.29) is 19.0 Å². The lowest BCUT2D eigenvalue weighted by Crippen LogP contribution is -2.33. The van der Waals surface area contributed by atoms with E-state index in [4.69, 9.17) is 5.11 Å². The molecule has 2 amide bonds. The molecule has 0 spiro atoms. The van der Waals surface area contributed by atoms with E-state index in [1.54, 1.807) is 17.8 Å². The van der Waals surface area contributed by atoms with Crippen LogP contribution in [-0.4, -0.2) is 45.4 Å². The van der Waals surface area contributed by atoms with Crippen molar-refractivity contribution in [3.05, 3.63) is 23.9 Å². The van der Waals surface area contributed by atoms with Crippen LogP contribution < -0.4 is 5.32 Å². The highest BCUT2D eigenvalue weighted by Gasteiger charge is 2.11. The van der Waals surface area contributed by atoms with Crippen LogP contribution in [0.2, 0.25) is 0 Å². The van der Waals surface area contributed by atoms with Gasteiger partial charge in [-0.1, -0.05) is 0 Å². The van der Waals surface area contributed by atoms with Gasteiger partial charge in [0.05, 0.1) is 17.6 Å². The molecule has 0 atom stereocenters. The lowest BCUT2D eigenvalue weighted by Gasteiger charge is -2.17. The van der Waals surface area contributed by atoms with Gasteiger partial charge in [-0.15, -0.1) is 0 Å². The standard InChI is InChI=1S/C14H18N4O3/c1-9-11-5-4-10(8-12(11)18(3)16-9)15-14(21)17(2)7-6-13(19)20/h4-5,8H,6-7H2,1-3H3,(H,15,21)(H,19,20). The molecule has 7 nitrogen and oxygen atoms in total. The van der Waals surface area contributed by atoms with E-state index in [0.29, 0.717) is 5.69 Å². The Morgan fingerprint density at radius 3 is 2.81 bits per heavy atom. The Labute approximate surface area is 122 Å². The molecule has 7 heteroatoms. The third kappa shape index (κ3) is 3.31. The number of amides is 2. The predicted molar refractivity (Wildman–Crippen MR) is 79.4 cm³/mol. The Morgan fingerprint density at radius 2 is 2.14 bits per heavy atom. The van der Waals surface area contributed by atoms with Gasteiger partial charge in [0.15, 0.2) is 0 Å². The van der Waals surface area contributed by atoms with Gasteiger partial charge in [-0.2, -0.15) is 5.10 Å². The molecule has 2 rings (SSSR count). The number of rotatable bonds is 4. The molecule has 2 N–H and O–H groups in total. The highest BCUT2D eigenvalue weighted by atomic mass is 16.4. The molecule has 112 valence electrons. The number of carboxylic acid groups (broad SMARTS) is 1. The topological polar surface area (TPSA) is 87.5 Å². The summed E-state index contributed by atoms with van der Waals surface area (Å²) in [4.78, 5) is 23.8. The largest absolute Gasteiger partial charge is 0.481 e. The first-order valence-corrected chi connectivity index (χ1v) is 6.55. The monoisotopic (exact) mass is 290 g/mol. The number of aryl methyl sites for hydroxylation is 2. The molecule has 21 heavy (non-hydrogen) atoms. The minimum Gasteiger partial charge on any atom is -0.481 e. The number of carbonyl (C=O) groups is 2. The molecule has 0 radical (unpaired) electrons. The Hall–Kier alpha value is -2.57. The van der Waals surface area contributed by atoms with Gasteiger partial charge >= 0.3 is 12.0 Å². The minimum absolute atomic E-state index is 0.0795. The van der Waals surface area contributed by atoms with Gasteiger partial charge in [-0.25, -0.2) is 4.79 Å². The fourth-order valence-electron chi connectivity index (χ4n) is 2.10. The maximum atomic E-state index is 12.0. The molecule has 0 aliphatic heterocycles. The average Bonchev–Trinajstić information content (AvgIpc) is 2.71. The van der Waals surface area contributed by atoms with Gasteiger partial charge in [0, 0.05) is 31.7 Å². The number of aliphatic carboxylic acids is 1. The number of nitrogens with one attached hydrogen (secondary N) is 1. The van der Waals surface area contributed by atoms with E-state index in [0.717, 1.165) is 16.6 Å². The lowest BCUT2D eigenvalue weighted by atomic mass is 10.2. The SMILES string of the molecule is Cc1nn(C)c2cc(NC(=O)N(C)CCC(=O)O)ccc12. The van der Waals surface area contributed by atoms with Crippen molar-refractivity contribution in [1.82, 2.24) is 14.7 Å². The van der Waals surface area contributed by atoms with Crippen LogP contribution in [0.25, 0.3) is 10.9 Å². The molecule has 0 bridgehead atoms. The van der Waals surface area contributed by atoms with E-state index >= 15 is 0 Å². The van der Waals surface area contributed by atoms with E-state index in [2.05, 4.69) is 10.4 Å². The van der Waals surface area contributed by atoms with E-state index in [9.17, 15) is 9.59 Å². The third-order valence-corrected chi connectivity index (χ3v) is 3.30. The van der Waals surface area contributed by atoms with Crippen LogP contribution >= 0.6 is 0 Å². The van der Waals surface area contributed by atoms with Crippen LogP contribution in [0.5, 0.6) is 0 Å². The van der Waals surface area contributed by atoms with Crippen molar-refractivity contribution in [3.8, 4) is 0 Å². The van der Waals surface area contributed by atoms with Gasteiger partial charge in [0.2, 0.25) is 0 Å². The van der Waals surface area contributed by atoms with Gasteiger partial charge in [0.25, 0.3) is 0 Å². The molecule has 0 fully saturated rings. The molecule has 0 saturated heterocycles. The summed E-state index contributed by atoms with van der Waals surface area (Å²) >= 11 is 0. The quantitative estimate of drug-likeness (QED) is 0.899. The zero-order chi connectivity index (χ0) is 15.6. The second-order valence-corrected chi connectivity index (χ2v) is 4.94. The molecule has 0 aliphatic carbocycles.